The van der Waals surface area contributed by atoms with E-state index in [2.05, 4.69) is 17.6 Å². The van der Waals surface area contributed by atoms with Gasteiger partial charge in [-0.3, -0.25) is 4.79 Å². The monoisotopic (exact) mass is 306 g/mol. The molecule has 1 aromatic rings. The summed E-state index contributed by atoms with van der Waals surface area (Å²) in [6.45, 7) is 4.59. The lowest BCUT2D eigenvalue weighted by Crippen LogP contribution is -2.30. The largest absolute Gasteiger partial charge is 0.491 e. The maximum absolute atomic E-state index is 11.6. The van der Waals surface area contributed by atoms with Gasteiger partial charge in [0.25, 0.3) is 0 Å². The number of hydrogen-bond donors (Lipinski definition) is 2. The van der Waals surface area contributed by atoms with E-state index in [1.54, 1.807) is 0 Å². The van der Waals surface area contributed by atoms with Gasteiger partial charge >= 0.3 is 0 Å². The molecule has 22 heavy (non-hydrogen) atoms. The number of anilines is 1. The summed E-state index contributed by atoms with van der Waals surface area (Å²) < 4.78 is 11.2. The van der Waals surface area contributed by atoms with E-state index in [1.807, 2.05) is 24.3 Å². The Bertz CT molecular complexity index is 442. The highest BCUT2D eigenvalue weighted by Crippen LogP contribution is 2.18. The van der Waals surface area contributed by atoms with E-state index >= 15 is 0 Å². The fourth-order valence-electron chi connectivity index (χ4n) is 2.28. The minimum absolute atomic E-state index is 0.0205. The molecular weight excluding hydrogens is 280 g/mol. The summed E-state index contributed by atoms with van der Waals surface area (Å²) >= 11 is 0. The van der Waals surface area contributed by atoms with Crippen LogP contribution in [0.1, 0.15) is 32.6 Å². The zero-order chi connectivity index (χ0) is 15.6. The molecule has 1 aliphatic heterocycles. The molecule has 0 aliphatic carbocycles. The Morgan fingerprint density at radius 1 is 1.36 bits per heavy atom. The number of amides is 1. The molecule has 0 spiro atoms. The third-order valence-electron chi connectivity index (χ3n) is 3.62. The molecule has 1 amide bonds. The van der Waals surface area contributed by atoms with Crippen LogP contribution in [0.2, 0.25) is 0 Å². The van der Waals surface area contributed by atoms with E-state index < -0.39 is 0 Å². The van der Waals surface area contributed by atoms with Gasteiger partial charge in [-0.05, 0) is 43.5 Å². The second-order valence-electron chi connectivity index (χ2n) is 5.53. The fraction of sp³-hybridized carbons (Fsp3) is 0.588. The van der Waals surface area contributed by atoms with Gasteiger partial charge in [0.1, 0.15) is 12.4 Å². The molecular formula is C17H26N2O3. The van der Waals surface area contributed by atoms with Crippen LogP contribution < -0.4 is 15.4 Å². The molecule has 5 nitrogen and oxygen atoms in total. The van der Waals surface area contributed by atoms with E-state index in [1.165, 1.54) is 0 Å². The van der Waals surface area contributed by atoms with Gasteiger partial charge in [0.15, 0.2) is 0 Å². The predicted molar refractivity (Wildman–Crippen MR) is 87.3 cm³/mol. The van der Waals surface area contributed by atoms with Crippen LogP contribution in [0.3, 0.4) is 0 Å². The van der Waals surface area contributed by atoms with Gasteiger partial charge in [0, 0.05) is 18.8 Å². The maximum Gasteiger partial charge on any atom is 0.239 e. The first-order valence-electron chi connectivity index (χ1n) is 8.13. The zero-order valence-electron chi connectivity index (χ0n) is 13.3. The van der Waals surface area contributed by atoms with E-state index in [0.717, 1.165) is 50.3 Å². The number of carbonyl (C=O) groups excluding carboxylic acids is 1. The van der Waals surface area contributed by atoms with E-state index in [0.29, 0.717) is 13.2 Å². The van der Waals surface area contributed by atoms with Gasteiger partial charge in [-0.15, -0.1) is 0 Å². The molecule has 122 valence electrons. The summed E-state index contributed by atoms with van der Waals surface area (Å²) in [7, 11) is 0. The summed E-state index contributed by atoms with van der Waals surface area (Å²) in [6, 6.07) is 7.66. The number of unbranched alkanes of at least 4 members (excludes halogenated alkanes) is 1. The number of rotatable bonds is 9. The van der Waals surface area contributed by atoms with Crippen molar-refractivity contribution in [2.45, 2.75) is 38.7 Å². The summed E-state index contributed by atoms with van der Waals surface area (Å²) in [6.07, 6.45) is 4.53. The third-order valence-corrected chi connectivity index (χ3v) is 3.62. The summed E-state index contributed by atoms with van der Waals surface area (Å²) in [5.74, 6) is 0.848. The zero-order valence-corrected chi connectivity index (χ0v) is 13.3. The van der Waals surface area contributed by atoms with E-state index in [9.17, 15) is 4.79 Å². The summed E-state index contributed by atoms with van der Waals surface area (Å²) in [5.41, 5.74) is 0.912. The molecule has 1 atom stereocenters. The van der Waals surface area contributed by atoms with Crippen LogP contribution in [0.5, 0.6) is 5.75 Å². The Labute approximate surface area is 132 Å². The van der Waals surface area contributed by atoms with Crippen molar-refractivity contribution in [2.75, 3.05) is 31.6 Å². The van der Waals surface area contributed by atoms with Crippen LogP contribution >= 0.6 is 0 Å². The lowest BCUT2D eigenvalue weighted by molar-refractivity contribution is -0.119. The lowest BCUT2D eigenvalue weighted by Gasteiger charge is -2.12. The van der Waals surface area contributed by atoms with Crippen molar-refractivity contribution in [3.8, 4) is 5.75 Å². The van der Waals surface area contributed by atoms with Gasteiger partial charge in [-0.2, -0.15) is 0 Å². The molecule has 0 bridgehead atoms. The number of carbonyl (C=O) groups is 1. The van der Waals surface area contributed by atoms with Crippen LogP contribution in [0.4, 0.5) is 5.69 Å². The standard InChI is InChI=1S/C17H26N2O3/c1-2-3-10-18-17(20)12-19-14-6-8-15(9-7-14)22-13-16-5-4-11-21-16/h6-9,16,19H,2-5,10-13H2,1H3,(H,18,20). The van der Waals surface area contributed by atoms with Crippen molar-refractivity contribution in [1.29, 1.82) is 0 Å². The smallest absolute Gasteiger partial charge is 0.239 e. The minimum atomic E-state index is 0.0205. The number of ether oxygens (including phenoxy) is 2. The molecule has 1 fully saturated rings. The van der Waals surface area contributed by atoms with Gasteiger partial charge in [-0.1, -0.05) is 13.3 Å². The van der Waals surface area contributed by atoms with Crippen molar-refractivity contribution in [3.63, 3.8) is 0 Å². The van der Waals surface area contributed by atoms with Crippen LogP contribution in [-0.2, 0) is 9.53 Å². The van der Waals surface area contributed by atoms with Gasteiger partial charge in [-0.25, -0.2) is 0 Å². The molecule has 1 aromatic carbocycles. The molecule has 5 heteroatoms. The average Bonchev–Trinajstić information content (AvgIpc) is 3.06. The number of benzene rings is 1. The number of nitrogens with one attached hydrogen (secondary N) is 2. The summed E-state index contributed by atoms with van der Waals surface area (Å²) in [4.78, 5) is 11.6. The Hall–Kier alpha value is -1.75. The van der Waals surface area contributed by atoms with Crippen molar-refractivity contribution >= 4 is 11.6 Å². The Balaban J connectivity index is 1.66. The first-order chi connectivity index (χ1) is 10.8. The molecule has 1 unspecified atom stereocenters. The quantitative estimate of drug-likeness (QED) is 0.688. The highest BCUT2D eigenvalue weighted by atomic mass is 16.5. The molecule has 2 N–H and O–H groups in total. The third kappa shape index (κ3) is 5.93. The molecule has 1 heterocycles. The molecule has 1 aliphatic rings. The summed E-state index contributed by atoms with van der Waals surface area (Å²) in [5, 5.41) is 5.98. The van der Waals surface area contributed by atoms with Crippen molar-refractivity contribution in [2.24, 2.45) is 0 Å². The topological polar surface area (TPSA) is 59.6 Å². The molecule has 2 rings (SSSR count). The Kier molecular flexibility index (Phi) is 7.03. The minimum Gasteiger partial charge on any atom is -0.491 e. The van der Waals surface area contributed by atoms with Crippen LogP contribution in [0, 0.1) is 0 Å². The van der Waals surface area contributed by atoms with Crippen molar-refractivity contribution in [3.05, 3.63) is 24.3 Å². The molecule has 0 radical (unpaired) electrons. The molecule has 1 saturated heterocycles. The first kappa shape index (κ1) is 16.6. The van der Waals surface area contributed by atoms with Crippen LogP contribution in [0.15, 0.2) is 24.3 Å². The highest BCUT2D eigenvalue weighted by molar-refractivity contribution is 5.80. The first-order valence-corrected chi connectivity index (χ1v) is 8.13. The van der Waals surface area contributed by atoms with Crippen molar-refractivity contribution in [1.82, 2.24) is 5.32 Å². The number of hydrogen-bond acceptors (Lipinski definition) is 4. The Morgan fingerprint density at radius 3 is 2.86 bits per heavy atom. The second kappa shape index (κ2) is 9.30. The SMILES string of the molecule is CCCCNC(=O)CNc1ccc(OCC2CCCO2)cc1. The van der Waals surface area contributed by atoms with E-state index in [-0.39, 0.29) is 12.0 Å². The van der Waals surface area contributed by atoms with Gasteiger partial charge in [0.2, 0.25) is 5.91 Å². The van der Waals surface area contributed by atoms with Crippen molar-refractivity contribution < 1.29 is 14.3 Å². The predicted octanol–water partition coefficient (Wildman–Crippen LogP) is 2.57. The lowest BCUT2D eigenvalue weighted by atomic mass is 10.2. The van der Waals surface area contributed by atoms with Gasteiger partial charge < -0.3 is 20.1 Å². The fourth-order valence-corrected chi connectivity index (χ4v) is 2.28. The van der Waals surface area contributed by atoms with Crippen LogP contribution in [0.25, 0.3) is 0 Å². The normalized spacial score (nSPS) is 17.2. The maximum atomic E-state index is 11.6. The Morgan fingerprint density at radius 2 is 2.18 bits per heavy atom. The van der Waals surface area contributed by atoms with Crippen LogP contribution in [-0.4, -0.2) is 38.3 Å². The average molecular weight is 306 g/mol. The van der Waals surface area contributed by atoms with Gasteiger partial charge in [0.05, 0.1) is 12.6 Å². The molecule has 0 aromatic heterocycles. The van der Waals surface area contributed by atoms with E-state index in [4.69, 9.17) is 9.47 Å². The molecule has 0 saturated carbocycles. The second-order valence-corrected chi connectivity index (χ2v) is 5.53. The highest BCUT2D eigenvalue weighted by Gasteiger charge is 2.15.